The summed E-state index contributed by atoms with van der Waals surface area (Å²) in [5.74, 6) is 2.01. The van der Waals surface area contributed by atoms with E-state index in [9.17, 15) is 0 Å². The molecule has 0 aliphatic rings. The van der Waals surface area contributed by atoms with Crippen molar-refractivity contribution in [2.75, 3.05) is 0 Å². The molecule has 3 N–H and O–H groups in total. The predicted octanol–water partition coefficient (Wildman–Crippen LogP) is 5.82. The highest BCUT2D eigenvalue weighted by Gasteiger charge is 2.28. The highest BCUT2D eigenvalue weighted by atomic mass is 15.1. The highest BCUT2D eigenvalue weighted by molar-refractivity contribution is 5.31. The molecule has 3 aromatic rings. The number of unbranched alkanes of at least 4 members (excludes halogenated alkanes) is 1. The van der Waals surface area contributed by atoms with Gasteiger partial charge in [-0.2, -0.15) is 5.10 Å². The van der Waals surface area contributed by atoms with Crippen molar-refractivity contribution in [2.45, 2.75) is 84.0 Å². The van der Waals surface area contributed by atoms with Crippen LogP contribution in [0.1, 0.15) is 101 Å². The molecule has 0 saturated carbocycles. The molecule has 28 heavy (non-hydrogen) atoms. The van der Waals surface area contributed by atoms with E-state index >= 15 is 0 Å². The van der Waals surface area contributed by atoms with Gasteiger partial charge in [0.1, 0.15) is 5.82 Å². The fraction of sp³-hybridized carbons (Fsp3) is 0.565. The maximum Gasteiger partial charge on any atom is 0.106 e. The van der Waals surface area contributed by atoms with Gasteiger partial charge in [-0.15, -0.1) is 0 Å². The summed E-state index contributed by atoms with van der Waals surface area (Å²) < 4.78 is 0. The molecular formula is C23H35N5. The minimum absolute atomic E-state index is 0.135. The number of aromatic amines is 3. The standard InChI is InChI=1S/C23H35N5/c1-6-8-9-16(3)18-10-11-20(26-18)23(4,5)21-15-24-22(27-21)14-17(7-2)19-12-13-25-28-19/h10-13,15-17,26H,6-9,14H2,1-5H3,(H,24,27)(H,25,28). The van der Waals surface area contributed by atoms with Crippen LogP contribution in [-0.2, 0) is 11.8 Å². The molecule has 3 heterocycles. The molecule has 0 fully saturated rings. The lowest BCUT2D eigenvalue weighted by molar-refractivity contribution is 0.579. The van der Waals surface area contributed by atoms with Gasteiger partial charge in [-0.25, -0.2) is 4.98 Å². The Hall–Kier alpha value is -2.30. The monoisotopic (exact) mass is 381 g/mol. The molecule has 5 nitrogen and oxygen atoms in total. The van der Waals surface area contributed by atoms with Crippen LogP contribution in [0.3, 0.4) is 0 Å². The number of nitrogens with one attached hydrogen (secondary N) is 3. The third kappa shape index (κ3) is 4.40. The molecule has 0 aliphatic heterocycles. The van der Waals surface area contributed by atoms with Crippen LogP contribution in [0.25, 0.3) is 0 Å². The maximum absolute atomic E-state index is 4.68. The Balaban J connectivity index is 1.73. The maximum atomic E-state index is 4.68. The molecule has 2 atom stereocenters. The summed E-state index contributed by atoms with van der Waals surface area (Å²) in [5.41, 5.74) is 4.76. The Bertz CT molecular complexity index is 840. The second-order valence-electron chi connectivity index (χ2n) is 8.56. The molecular weight excluding hydrogens is 346 g/mol. The third-order valence-electron chi connectivity index (χ3n) is 6.10. The topological polar surface area (TPSA) is 73.2 Å². The first kappa shape index (κ1) is 20.4. The Labute approximate surface area is 168 Å². The summed E-state index contributed by atoms with van der Waals surface area (Å²) in [5, 5.41) is 7.19. The largest absolute Gasteiger partial charge is 0.361 e. The van der Waals surface area contributed by atoms with Gasteiger partial charge in [0.15, 0.2) is 0 Å². The molecule has 0 spiro atoms. The Morgan fingerprint density at radius 2 is 1.86 bits per heavy atom. The average molecular weight is 382 g/mol. The summed E-state index contributed by atoms with van der Waals surface area (Å²) in [4.78, 5) is 12.0. The fourth-order valence-corrected chi connectivity index (χ4v) is 3.86. The van der Waals surface area contributed by atoms with E-state index in [0.29, 0.717) is 11.8 Å². The summed E-state index contributed by atoms with van der Waals surface area (Å²) in [6.45, 7) is 11.3. The number of hydrogen-bond acceptors (Lipinski definition) is 2. The van der Waals surface area contributed by atoms with E-state index in [4.69, 9.17) is 0 Å². The number of rotatable bonds is 10. The van der Waals surface area contributed by atoms with E-state index in [1.165, 1.54) is 36.3 Å². The smallest absolute Gasteiger partial charge is 0.106 e. The van der Waals surface area contributed by atoms with Gasteiger partial charge >= 0.3 is 0 Å². The van der Waals surface area contributed by atoms with Crippen molar-refractivity contribution in [3.8, 4) is 0 Å². The van der Waals surface area contributed by atoms with Gasteiger partial charge in [-0.3, -0.25) is 5.10 Å². The predicted molar refractivity (Wildman–Crippen MR) is 115 cm³/mol. The van der Waals surface area contributed by atoms with Crippen molar-refractivity contribution in [1.82, 2.24) is 25.1 Å². The van der Waals surface area contributed by atoms with Crippen LogP contribution in [0.5, 0.6) is 0 Å². The summed E-state index contributed by atoms with van der Waals surface area (Å²) >= 11 is 0. The lowest BCUT2D eigenvalue weighted by Crippen LogP contribution is -2.20. The van der Waals surface area contributed by atoms with Gasteiger partial charge in [0.2, 0.25) is 0 Å². The summed E-state index contributed by atoms with van der Waals surface area (Å²) in [6, 6.07) is 6.54. The summed E-state index contributed by atoms with van der Waals surface area (Å²) in [6.07, 6.45) is 9.51. The van der Waals surface area contributed by atoms with Crippen molar-refractivity contribution in [2.24, 2.45) is 0 Å². The van der Waals surface area contributed by atoms with E-state index in [0.717, 1.165) is 24.4 Å². The number of hydrogen-bond donors (Lipinski definition) is 3. The van der Waals surface area contributed by atoms with E-state index in [2.05, 4.69) is 78.0 Å². The normalized spacial score (nSPS) is 14.3. The zero-order valence-corrected chi connectivity index (χ0v) is 18.0. The Kier molecular flexibility index (Phi) is 6.42. The van der Waals surface area contributed by atoms with Crippen LogP contribution in [0.4, 0.5) is 0 Å². The van der Waals surface area contributed by atoms with Gasteiger partial charge in [0.25, 0.3) is 0 Å². The molecule has 0 radical (unpaired) electrons. The molecule has 0 aromatic carbocycles. The second-order valence-corrected chi connectivity index (χ2v) is 8.56. The van der Waals surface area contributed by atoms with Crippen LogP contribution < -0.4 is 0 Å². The lowest BCUT2D eigenvalue weighted by Gasteiger charge is -2.22. The Morgan fingerprint density at radius 3 is 2.54 bits per heavy atom. The molecule has 0 aliphatic carbocycles. The van der Waals surface area contributed by atoms with Crippen molar-refractivity contribution >= 4 is 0 Å². The molecule has 5 heteroatoms. The van der Waals surface area contributed by atoms with Crippen molar-refractivity contribution in [3.05, 3.63) is 59.2 Å². The first-order valence-corrected chi connectivity index (χ1v) is 10.7. The van der Waals surface area contributed by atoms with E-state index in [1.807, 2.05) is 12.4 Å². The molecule has 0 amide bonds. The van der Waals surface area contributed by atoms with Crippen LogP contribution in [0.2, 0.25) is 0 Å². The fourth-order valence-electron chi connectivity index (χ4n) is 3.86. The lowest BCUT2D eigenvalue weighted by atomic mass is 9.86. The number of nitrogens with zero attached hydrogens (tertiary/aromatic N) is 2. The van der Waals surface area contributed by atoms with Crippen molar-refractivity contribution in [1.29, 1.82) is 0 Å². The molecule has 0 bridgehead atoms. The van der Waals surface area contributed by atoms with Gasteiger partial charge in [0, 0.05) is 52.9 Å². The number of imidazole rings is 1. The zero-order chi connectivity index (χ0) is 20.1. The van der Waals surface area contributed by atoms with E-state index in [1.54, 1.807) is 0 Å². The first-order chi connectivity index (χ1) is 13.5. The first-order valence-electron chi connectivity index (χ1n) is 10.7. The molecule has 152 valence electrons. The zero-order valence-electron chi connectivity index (χ0n) is 18.0. The third-order valence-corrected chi connectivity index (χ3v) is 6.10. The second kappa shape index (κ2) is 8.80. The van der Waals surface area contributed by atoms with Crippen LogP contribution >= 0.6 is 0 Å². The average Bonchev–Trinajstić information content (AvgIpc) is 3.44. The van der Waals surface area contributed by atoms with Gasteiger partial charge in [-0.05, 0) is 50.8 Å². The quantitative estimate of drug-likeness (QED) is 0.414. The van der Waals surface area contributed by atoms with Crippen LogP contribution in [-0.4, -0.2) is 25.1 Å². The van der Waals surface area contributed by atoms with Crippen LogP contribution in [0, 0.1) is 0 Å². The minimum Gasteiger partial charge on any atom is -0.361 e. The van der Waals surface area contributed by atoms with Crippen molar-refractivity contribution in [3.63, 3.8) is 0 Å². The SMILES string of the molecule is CCCCC(C)c1ccc(C(C)(C)c2cnc(CC(CC)c3ccn[nH]3)[nH]2)[nH]1. The van der Waals surface area contributed by atoms with Gasteiger partial charge < -0.3 is 9.97 Å². The Morgan fingerprint density at radius 1 is 1.04 bits per heavy atom. The summed E-state index contributed by atoms with van der Waals surface area (Å²) in [7, 11) is 0. The minimum atomic E-state index is -0.135. The van der Waals surface area contributed by atoms with Gasteiger partial charge in [0.05, 0.1) is 0 Å². The van der Waals surface area contributed by atoms with E-state index < -0.39 is 0 Å². The van der Waals surface area contributed by atoms with Gasteiger partial charge in [-0.1, -0.05) is 33.6 Å². The number of aromatic nitrogens is 5. The molecule has 0 saturated heterocycles. The van der Waals surface area contributed by atoms with E-state index in [-0.39, 0.29) is 5.41 Å². The molecule has 3 rings (SSSR count). The number of H-pyrrole nitrogens is 3. The molecule has 2 unspecified atom stereocenters. The highest BCUT2D eigenvalue weighted by Crippen LogP contribution is 2.32. The van der Waals surface area contributed by atoms with Crippen molar-refractivity contribution < 1.29 is 0 Å². The van der Waals surface area contributed by atoms with Crippen LogP contribution in [0.15, 0.2) is 30.6 Å². The molecule has 3 aromatic heterocycles.